The van der Waals surface area contributed by atoms with Gasteiger partial charge >= 0.3 is 0 Å². The molecular formula is C26H26N8. The van der Waals surface area contributed by atoms with Crippen molar-refractivity contribution in [2.45, 2.75) is 0 Å². The summed E-state index contributed by atoms with van der Waals surface area (Å²) in [5.74, 6) is 0. The Morgan fingerprint density at radius 3 is 2.79 bits per heavy atom. The van der Waals surface area contributed by atoms with Crippen LogP contribution in [0.4, 0.5) is 0 Å². The van der Waals surface area contributed by atoms with Gasteiger partial charge in [-0.3, -0.25) is 9.58 Å². The smallest absolute Gasteiger partial charge is 0.137 e. The zero-order chi connectivity index (χ0) is 23.2. The van der Waals surface area contributed by atoms with Crippen molar-refractivity contribution in [1.29, 1.82) is 0 Å². The van der Waals surface area contributed by atoms with E-state index in [4.69, 9.17) is 4.98 Å². The largest absolute Gasteiger partial charge is 0.386 e. The number of nitrogens with zero attached hydrogens (tertiary/aromatic N) is 6. The topological polar surface area (TPSA) is 79.1 Å². The third-order valence-electron chi connectivity index (χ3n) is 6.48. The first kappa shape index (κ1) is 20.4. The number of pyridine rings is 2. The third kappa shape index (κ3) is 3.39. The summed E-state index contributed by atoms with van der Waals surface area (Å²) in [6, 6.07) is 6.47. The van der Waals surface area contributed by atoms with Gasteiger partial charge in [-0.2, -0.15) is 10.2 Å². The number of hydrogen-bond acceptors (Lipinski definition) is 5. The number of aryl methyl sites for hydroxylation is 1. The third-order valence-corrected chi connectivity index (χ3v) is 6.48. The van der Waals surface area contributed by atoms with Crippen LogP contribution in [-0.2, 0) is 7.05 Å². The molecule has 0 unspecified atom stereocenters. The molecule has 0 aliphatic carbocycles. The first-order valence-corrected chi connectivity index (χ1v) is 11.3. The van der Waals surface area contributed by atoms with Crippen molar-refractivity contribution in [1.82, 2.24) is 39.6 Å². The molecule has 0 radical (unpaired) electrons. The van der Waals surface area contributed by atoms with Crippen LogP contribution in [-0.4, -0.2) is 60.9 Å². The van der Waals surface area contributed by atoms with Crippen molar-refractivity contribution in [2.75, 3.05) is 26.7 Å². The summed E-state index contributed by atoms with van der Waals surface area (Å²) in [5.41, 5.74) is 9.54. The van der Waals surface area contributed by atoms with Crippen LogP contribution in [0.1, 0.15) is 5.56 Å². The van der Waals surface area contributed by atoms with Gasteiger partial charge in [0.15, 0.2) is 0 Å². The highest BCUT2D eigenvalue weighted by Gasteiger charge is 2.17. The van der Waals surface area contributed by atoms with E-state index in [9.17, 15) is 0 Å². The van der Waals surface area contributed by atoms with Crippen molar-refractivity contribution in [2.24, 2.45) is 7.05 Å². The van der Waals surface area contributed by atoms with Crippen molar-refractivity contribution < 1.29 is 0 Å². The van der Waals surface area contributed by atoms with Crippen molar-refractivity contribution in [3.8, 4) is 22.3 Å². The molecule has 170 valence electrons. The number of piperazine rings is 1. The Bertz CT molecular complexity index is 1560. The summed E-state index contributed by atoms with van der Waals surface area (Å²) in [7, 11) is 4.06. The van der Waals surface area contributed by atoms with E-state index < -0.39 is 0 Å². The number of likely N-dealkylation sites (N-methyl/N-ethyl adjacent to an activating group) is 1. The zero-order valence-corrected chi connectivity index (χ0v) is 19.3. The lowest BCUT2D eigenvalue weighted by molar-refractivity contribution is 0.324. The number of nitrogens with one attached hydrogen (secondary N) is 2. The molecule has 0 saturated carbocycles. The highest BCUT2D eigenvalue weighted by atomic mass is 15.2. The molecule has 8 nitrogen and oxygen atoms in total. The maximum Gasteiger partial charge on any atom is 0.137 e. The van der Waals surface area contributed by atoms with Gasteiger partial charge in [-0.25, -0.2) is 9.50 Å². The molecule has 5 aromatic heterocycles. The molecule has 1 aliphatic rings. The van der Waals surface area contributed by atoms with Crippen LogP contribution in [0.5, 0.6) is 0 Å². The first-order valence-electron chi connectivity index (χ1n) is 11.3. The van der Waals surface area contributed by atoms with E-state index in [1.54, 1.807) is 4.68 Å². The molecule has 8 heteroatoms. The predicted molar refractivity (Wildman–Crippen MR) is 135 cm³/mol. The lowest BCUT2D eigenvalue weighted by atomic mass is 10.00. The molecule has 0 aromatic carbocycles. The number of aromatic nitrogens is 6. The van der Waals surface area contributed by atoms with E-state index in [2.05, 4.69) is 57.2 Å². The Morgan fingerprint density at radius 1 is 1.09 bits per heavy atom. The SMILES string of the molecule is C=C/C(=C1/CN(C)CCN1)c1cnc2[nH]cc(-c3ccn4ncc(-c5cnn(C)c5)c4c3)c2c1. The number of aromatic amines is 1. The van der Waals surface area contributed by atoms with Crippen molar-refractivity contribution in [3.05, 3.63) is 79.3 Å². The molecule has 1 aliphatic heterocycles. The number of H-pyrrole nitrogens is 1. The number of rotatable bonds is 4. The average molecular weight is 451 g/mol. The van der Waals surface area contributed by atoms with Gasteiger partial charge < -0.3 is 10.3 Å². The van der Waals surface area contributed by atoms with Gasteiger partial charge in [0.05, 0.1) is 17.9 Å². The van der Waals surface area contributed by atoms with E-state index in [1.165, 1.54) is 5.70 Å². The number of fused-ring (bicyclic) bond motifs is 2. The minimum absolute atomic E-state index is 0.863. The summed E-state index contributed by atoms with van der Waals surface area (Å²) < 4.78 is 3.70. The molecule has 1 saturated heterocycles. The lowest BCUT2D eigenvalue weighted by Gasteiger charge is -2.28. The quantitative estimate of drug-likeness (QED) is 0.436. The Morgan fingerprint density at radius 2 is 2.00 bits per heavy atom. The summed E-state index contributed by atoms with van der Waals surface area (Å²) in [4.78, 5) is 10.4. The van der Waals surface area contributed by atoms with Gasteiger partial charge in [-0.1, -0.05) is 12.7 Å². The Kier molecular flexibility index (Phi) is 4.81. The fourth-order valence-electron chi connectivity index (χ4n) is 4.72. The Labute approximate surface area is 197 Å². The van der Waals surface area contributed by atoms with E-state index in [0.29, 0.717) is 0 Å². The molecule has 1 fully saturated rings. The monoisotopic (exact) mass is 450 g/mol. The Balaban J connectivity index is 1.47. The highest BCUT2D eigenvalue weighted by Crippen LogP contribution is 2.33. The first-order chi connectivity index (χ1) is 16.6. The second-order valence-electron chi connectivity index (χ2n) is 8.79. The molecular weight excluding hydrogens is 424 g/mol. The van der Waals surface area contributed by atoms with Gasteiger partial charge in [-0.15, -0.1) is 0 Å². The van der Waals surface area contributed by atoms with Crippen LogP contribution in [0.25, 0.3) is 44.4 Å². The lowest BCUT2D eigenvalue weighted by Crippen LogP contribution is -2.40. The summed E-state index contributed by atoms with van der Waals surface area (Å²) in [5, 5.41) is 13.5. The molecule has 0 atom stereocenters. The van der Waals surface area contributed by atoms with Gasteiger partial charge in [0.2, 0.25) is 0 Å². The Hall–Kier alpha value is -4.17. The molecule has 6 rings (SSSR count). The van der Waals surface area contributed by atoms with Gasteiger partial charge in [0.1, 0.15) is 5.65 Å². The summed E-state index contributed by atoms with van der Waals surface area (Å²) >= 11 is 0. The maximum absolute atomic E-state index is 4.72. The number of hydrogen-bond donors (Lipinski definition) is 2. The molecule has 6 heterocycles. The second kappa shape index (κ2) is 8.00. The molecule has 5 aromatic rings. The van der Waals surface area contributed by atoms with Crippen LogP contribution >= 0.6 is 0 Å². The maximum atomic E-state index is 4.72. The predicted octanol–water partition coefficient (Wildman–Crippen LogP) is 3.71. The molecule has 0 amide bonds. The van der Waals surface area contributed by atoms with E-state index in [-0.39, 0.29) is 0 Å². The van der Waals surface area contributed by atoms with E-state index >= 15 is 0 Å². The highest BCUT2D eigenvalue weighted by molar-refractivity contribution is 5.97. The fourth-order valence-corrected chi connectivity index (χ4v) is 4.72. The van der Waals surface area contributed by atoms with Gasteiger partial charge in [0, 0.05) is 90.4 Å². The normalized spacial score (nSPS) is 16.2. The minimum Gasteiger partial charge on any atom is -0.386 e. The second-order valence-corrected chi connectivity index (χ2v) is 8.79. The average Bonchev–Trinajstić information content (AvgIpc) is 3.57. The van der Waals surface area contributed by atoms with E-state index in [1.807, 2.05) is 54.8 Å². The molecule has 34 heavy (non-hydrogen) atoms. The summed E-state index contributed by atoms with van der Waals surface area (Å²) in [6.45, 7) is 6.92. The van der Waals surface area contributed by atoms with Crippen LogP contribution in [0, 0.1) is 0 Å². The number of allylic oxidation sites excluding steroid dienone is 2. The molecule has 0 spiro atoms. The molecule has 2 N–H and O–H groups in total. The standard InChI is InChI=1S/C26H26N8/c1-4-20(24-16-32(2)8-6-27-24)18-9-21-22(13-29-26(21)28-11-18)17-5-7-34-25(10-17)23(14-31-34)19-12-30-33(3)15-19/h4-5,7,9-15,27H,1,6,8,16H2,2-3H3,(H,28,29)/b24-20+. The molecule has 0 bridgehead atoms. The van der Waals surface area contributed by atoms with Crippen LogP contribution < -0.4 is 5.32 Å². The van der Waals surface area contributed by atoms with E-state index in [0.717, 1.165) is 69.6 Å². The van der Waals surface area contributed by atoms with Crippen molar-refractivity contribution >= 4 is 22.1 Å². The van der Waals surface area contributed by atoms with Crippen molar-refractivity contribution in [3.63, 3.8) is 0 Å². The van der Waals surface area contributed by atoms with Crippen LogP contribution in [0.2, 0.25) is 0 Å². The van der Waals surface area contributed by atoms with Gasteiger partial charge in [-0.05, 0) is 30.8 Å². The van der Waals surface area contributed by atoms with Crippen LogP contribution in [0.15, 0.2) is 73.7 Å². The van der Waals surface area contributed by atoms with Crippen LogP contribution in [0.3, 0.4) is 0 Å². The minimum atomic E-state index is 0.863. The fraction of sp³-hybridized carbons (Fsp3) is 0.192. The van der Waals surface area contributed by atoms with Gasteiger partial charge in [0.25, 0.3) is 0 Å². The summed E-state index contributed by atoms with van der Waals surface area (Å²) in [6.07, 6.45) is 13.6. The zero-order valence-electron chi connectivity index (χ0n) is 19.3.